The van der Waals surface area contributed by atoms with Gasteiger partial charge >= 0.3 is 0 Å². The first-order chi connectivity index (χ1) is 8.63. The van der Waals surface area contributed by atoms with E-state index in [1.165, 1.54) is 11.8 Å². The van der Waals surface area contributed by atoms with Crippen LogP contribution in [-0.4, -0.2) is 16.7 Å². The average Bonchev–Trinajstić information content (AvgIpc) is 2.37. The smallest absolute Gasteiger partial charge is 0.185 e. The number of carbonyl (C=O) groups excluding carboxylic acids is 2. The Labute approximate surface area is 112 Å². The van der Waals surface area contributed by atoms with Gasteiger partial charge in [0.1, 0.15) is 0 Å². The van der Waals surface area contributed by atoms with Gasteiger partial charge in [0, 0.05) is 36.6 Å². The number of ketones is 1. The van der Waals surface area contributed by atoms with Crippen LogP contribution in [0.25, 0.3) is 0 Å². The number of thioether (sulfide) groups is 1. The predicted molar refractivity (Wildman–Crippen MR) is 75.7 cm³/mol. The van der Waals surface area contributed by atoms with Gasteiger partial charge in [0.2, 0.25) is 0 Å². The van der Waals surface area contributed by atoms with Gasteiger partial charge in [-0.3, -0.25) is 9.59 Å². The Morgan fingerprint density at radius 3 is 2.78 bits per heavy atom. The number of benzene rings is 1. The lowest BCUT2D eigenvalue weighted by molar-refractivity contribution is -0.109. The zero-order valence-electron chi connectivity index (χ0n) is 10.7. The Hall–Kier alpha value is -1.53. The van der Waals surface area contributed by atoms with Crippen molar-refractivity contribution < 1.29 is 9.59 Å². The summed E-state index contributed by atoms with van der Waals surface area (Å²) in [6.07, 6.45) is 1.18. The molecule has 0 bridgehead atoms. The lowest BCUT2D eigenvalue weighted by Gasteiger charge is -1.97. The minimum Gasteiger partial charge on any atom is -0.294 e. The van der Waals surface area contributed by atoms with Gasteiger partial charge < -0.3 is 0 Å². The van der Waals surface area contributed by atoms with Crippen LogP contribution in [0.1, 0.15) is 42.6 Å². The highest BCUT2D eigenvalue weighted by Crippen LogP contribution is 2.07. The summed E-state index contributed by atoms with van der Waals surface area (Å²) < 4.78 is 0. The Kier molecular flexibility index (Phi) is 6.24. The molecule has 18 heavy (non-hydrogen) atoms. The average molecular weight is 260 g/mol. The first kappa shape index (κ1) is 14.5. The molecule has 1 rings (SSSR count). The highest BCUT2D eigenvalue weighted by molar-refractivity contribution is 8.13. The molecule has 0 aromatic heterocycles. The summed E-state index contributed by atoms with van der Waals surface area (Å²) in [5.74, 6) is 6.87. The quantitative estimate of drug-likeness (QED) is 0.473. The predicted octanol–water partition coefficient (Wildman–Crippen LogP) is 3.30. The van der Waals surface area contributed by atoms with E-state index in [9.17, 15) is 9.59 Å². The first-order valence-electron chi connectivity index (χ1n) is 5.89. The van der Waals surface area contributed by atoms with Crippen molar-refractivity contribution in [2.24, 2.45) is 0 Å². The molecule has 1 aromatic rings. The van der Waals surface area contributed by atoms with Crippen molar-refractivity contribution in [2.75, 3.05) is 5.75 Å². The van der Waals surface area contributed by atoms with Crippen LogP contribution in [0.2, 0.25) is 0 Å². The summed E-state index contributed by atoms with van der Waals surface area (Å²) >= 11 is 1.28. The Morgan fingerprint density at radius 2 is 2.11 bits per heavy atom. The molecule has 0 radical (unpaired) electrons. The number of Topliss-reactive ketones (excluding diaryl/α,β-unsaturated/α-hetero) is 1. The van der Waals surface area contributed by atoms with Gasteiger partial charge in [-0.1, -0.05) is 42.7 Å². The fourth-order valence-corrected chi connectivity index (χ4v) is 1.88. The van der Waals surface area contributed by atoms with Gasteiger partial charge in [-0.25, -0.2) is 0 Å². The molecule has 0 aliphatic heterocycles. The summed E-state index contributed by atoms with van der Waals surface area (Å²) in [5, 5.41) is 0.118. The zero-order chi connectivity index (χ0) is 13.4. The van der Waals surface area contributed by atoms with E-state index in [1.807, 2.05) is 31.2 Å². The van der Waals surface area contributed by atoms with Gasteiger partial charge in [0.05, 0.1) is 0 Å². The Balaban J connectivity index is 2.59. The number of hydrogen-bond acceptors (Lipinski definition) is 3. The molecule has 0 saturated heterocycles. The van der Waals surface area contributed by atoms with Crippen molar-refractivity contribution in [2.45, 2.75) is 26.7 Å². The summed E-state index contributed by atoms with van der Waals surface area (Å²) in [5.41, 5.74) is 1.56. The maximum Gasteiger partial charge on any atom is 0.185 e. The van der Waals surface area contributed by atoms with Gasteiger partial charge in [-0.05, 0) is 12.1 Å². The minimum atomic E-state index is 0.118. The van der Waals surface area contributed by atoms with E-state index in [2.05, 4.69) is 11.8 Å². The normalized spacial score (nSPS) is 9.44. The van der Waals surface area contributed by atoms with Crippen LogP contribution in [0.3, 0.4) is 0 Å². The third-order valence-corrected chi connectivity index (χ3v) is 3.09. The summed E-state index contributed by atoms with van der Waals surface area (Å²) in [7, 11) is 0. The van der Waals surface area contributed by atoms with Crippen LogP contribution in [0.4, 0.5) is 0 Å². The fourth-order valence-electron chi connectivity index (χ4n) is 1.38. The van der Waals surface area contributed by atoms with E-state index in [1.54, 1.807) is 6.92 Å². The molecule has 3 heteroatoms. The Morgan fingerprint density at radius 1 is 1.33 bits per heavy atom. The number of rotatable bonds is 4. The van der Waals surface area contributed by atoms with Gasteiger partial charge in [-0.15, -0.1) is 0 Å². The molecule has 0 spiro atoms. The largest absolute Gasteiger partial charge is 0.294 e. The van der Waals surface area contributed by atoms with Gasteiger partial charge in [-0.2, -0.15) is 0 Å². The topological polar surface area (TPSA) is 34.1 Å². The second kappa shape index (κ2) is 7.73. The van der Waals surface area contributed by atoms with Crippen molar-refractivity contribution in [1.29, 1.82) is 0 Å². The molecular weight excluding hydrogens is 244 g/mol. The lowest BCUT2D eigenvalue weighted by atomic mass is 10.1. The molecular formula is C15H16O2S. The van der Waals surface area contributed by atoms with Crippen molar-refractivity contribution in [3.63, 3.8) is 0 Å². The van der Waals surface area contributed by atoms with Crippen LogP contribution in [-0.2, 0) is 4.79 Å². The third-order valence-electron chi connectivity index (χ3n) is 2.27. The van der Waals surface area contributed by atoms with Crippen LogP contribution in [0, 0.1) is 11.8 Å². The molecule has 0 N–H and O–H groups in total. The third kappa shape index (κ3) is 5.20. The van der Waals surface area contributed by atoms with Gasteiger partial charge in [0.25, 0.3) is 0 Å². The van der Waals surface area contributed by atoms with E-state index < -0.39 is 0 Å². The zero-order valence-corrected chi connectivity index (χ0v) is 11.5. The number of hydrogen-bond donors (Lipinski definition) is 0. The summed E-state index contributed by atoms with van der Waals surface area (Å²) in [6, 6.07) is 7.36. The van der Waals surface area contributed by atoms with Crippen LogP contribution < -0.4 is 0 Å². The second-order valence-corrected chi connectivity index (χ2v) is 5.02. The molecule has 0 amide bonds. The van der Waals surface area contributed by atoms with Crippen LogP contribution in [0.5, 0.6) is 0 Å². The molecule has 0 heterocycles. The maximum atomic E-state index is 11.5. The van der Waals surface area contributed by atoms with Crippen LogP contribution >= 0.6 is 11.8 Å². The monoisotopic (exact) mass is 260 g/mol. The standard InChI is InChI=1S/C15H16O2S/c1-3-15(17)14-9-6-8-13(11-14)7-4-5-10-18-12(2)16/h6,8-9,11H,3,5,10H2,1-2H3. The maximum absolute atomic E-state index is 11.5. The molecule has 0 unspecified atom stereocenters. The van der Waals surface area contributed by atoms with Crippen molar-refractivity contribution in [3.05, 3.63) is 35.4 Å². The van der Waals surface area contributed by atoms with E-state index in [4.69, 9.17) is 0 Å². The second-order valence-electron chi connectivity index (χ2n) is 3.75. The number of carbonyl (C=O) groups is 2. The van der Waals surface area contributed by atoms with E-state index in [0.29, 0.717) is 18.4 Å². The van der Waals surface area contributed by atoms with Crippen molar-refractivity contribution in [1.82, 2.24) is 0 Å². The summed E-state index contributed by atoms with van der Waals surface area (Å²) in [6.45, 7) is 3.40. The van der Waals surface area contributed by atoms with Crippen molar-refractivity contribution >= 4 is 22.7 Å². The van der Waals surface area contributed by atoms with E-state index in [0.717, 1.165) is 11.3 Å². The summed E-state index contributed by atoms with van der Waals surface area (Å²) in [4.78, 5) is 22.2. The molecule has 94 valence electrons. The van der Waals surface area contributed by atoms with E-state index in [-0.39, 0.29) is 10.9 Å². The first-order valence-corrected chi connectivity index (χ1v) is 6.87. The molecule has 0 aliphatic carbocycles. The molecule has 0 saturated carbocycles. The highest BCUT2D eigenvalue weighted by atomic mass is 32.2. The minimum absolute atomic E-state index is 0.118. The van der Waals surface area contributed by atoms with Gasteiger partial charge in [0.15, 0.2) is 10.9 Å². The molecule has 2 nitrogen and oxygen atoms in total. The van der Waals surface area contributed by atoms with Crippen LogP contribution in [0.15, 0.2) is 24.3 Å². The fraction of sp³-hybridized carbons (Fsp3) is 0.333. The van der Waals surface area contributed by atoms with E-state index >= 15 is 0 Å². The molecule has 0 aliphatic rings. The SMILES string of the molecule is CCC(=O)c1cccc(C#CCCSC(C)=O)c1. The Bertz CT molecular complexity index is 495. The molecule has 1 aromatic carbocycles. The molecule has 0 fully saturated rings. The molecule has 0 atom stereocenters. The lowest BCUT2D eigenvalue weighted by Crippen LogP contribution is -1.96. The van der Waals surface area contributed by atoms with Crippen molar-refractivity contribution in [3.8, 4) is 11.8 Å². The highest BCUT2D eigenvalue weighted by Gasteiger charge is 2.01.